The van der Waals surface area contributed by atoms with Gasteiger partial charge in [0.25, 0.3) is 0 Å². The predicted octanol–water partition coefficient (Wildman–Crippen LogP) is 3.17. The highest BCUT2D eigenvalue weighted by Gasteiger charge is 2.74. The van der Waals surface area contributed by atoms with E-state index in [0.717, 1.165) is 25.7 Å². The number of esters is 1. The Morgan fingerprint density at radius 3 is 2.54 bits per heavy atom. The number of nitrogens with zero attached hydrogens (tertiary/aromatic N) is 2. The first kappa shape index (κ1) is 26.3. The molecular weight excluding hydrogens is 464 g/mol. The van der Waals surface area contributed by atoms with E-state index in [9.17, 15) is 19.5 Å². The van der Waals surface area contributed by atoms with Gasteiger partial charge in [0.15, 0.2) is 0 Å². The lowest BCUT2D eigenvalue weighted by Gasteiger charge is -2.41. The van der Waals surface area contributed by atoms with Gasteiger partial charge in [0, 0.05) is 17.3 Å². The highest BCUT2D eigenvalue weighted by atomic mass is 32.2. The number of carbonyl (C=O) groups is 3. The molecule has 1 spiro atoms. The number of fused-ring (bicyclic) bond motifs is 2. The first-order chi connectivity index (χ1) is 16.6. The molecule has 0 aromatic carbocycles. The summed E-state index contributed by atoms with van der Waals surface area (Å²) < 4.78 is 4.09. The number of hydrogen-bond donors (Lipinski definition) is 1. The number of carbonyl (C=O) groups excluding carboxylic acids is 3. The lowest BCUT2D eigenvalue weighted by Crippen LogP contribution is -2.59. The van der Waals surface area contributed by atoms with Gasteiger partial charge in [-0.05, 0) is 39.0 Å². The van der Waals surface area contributed by atoms with E-state index >= 15 is 0 Å². The molecule has 2 fully saturated rings. The maximum absolute atomic E-state index is 14.3. The van der Waals surface area contributed by atoms with Crippen LogP contribution in [0, 0.1) is 17.8 Å². The molecule has 8 heteroatoms. The Bertz CT molecular complexity index is 919. The molecule has 0 radical (unpaired) electrons. The number of amides is 2. The van der Waals surface area contributed by atoms with Gasteiger partial charge in [-0.25, -0.2) is 0 Å². The van der Waals surface area contributed by atoms with Crippen molar-refractivity contribution in [2.45, 2.75) is 87.9 Å². The number of cyclic esters (lactones) is 1. The molecule has 4 aliphatic heterocycles. The second kappa shape index (κ2) is 9.92. The van der Waals surface area contributed by atoms with Gasteiger partial charge in [0.1, 0.15) is 6.04 Å². The van der Waals surface area contributed by atoms with Gasteiger partial charge in [-0.2, -0.15) is 0 Å². The van der Waals surface area contributed by atoms with Gasteiger partial charge in [-0.15, -0.1) is 11.8 Å². The average molecular weight is 505 g/mol. The highest BCUT2D eigenvalue weighted by Crippen LogP contribution is 2.65. The number of rotatable bonds is 6. The van der Waals surface area contributed by atoms with Crippen molar-refractivity contribution in [3.63, 3.8) is 0 Å². The zero-order valence-electron chi connectivity index (χ0n) is 21.6. The number of allylic oxidation sites excluding steroid dienone is 1. The van der Waals surface area contributed by atoms with Crippen LogP contribution in [0.1, 0.15) is 60.3 Å². The van der Waals surface area contributed by atoms with E-state index < -0.39 is 33.4 Å². The molecule has 4 heterocycles. The molecule has 0 aromatic heterocycles. The number of thioether (sulfide) groups is 1. The molecule has 2 unspecified atom stereocenters. The molecule has 0 aliphatic carbocycles. The van der Waals surface area contributed by atoms with Crippen molar-refractivity contribution >= 4 is 29.5 Å². The Morgan fingerprint density at radius 2 is 1.89 bits per heavy atom. The highest BCUT2D eigenvalue weighted by molar-refractivity contribution is 8.02. The van der Waals surface area contributed by atoms with Crippen molar-refractivity contribution in [2.24, 2.45) is 17.8 Å². The van der Waals surface area contributed by atoms with Crippen molar-refractivity contribution in [1.29, 1.82) is 0 Å². The average Bonchev–Trinajstić information content (AvgIpc) is 3.14. The van der Waals surface area contributed by atoms with Crippen molar-refractivity contribution in [3.05, 3.63) is 24.3 Å². The topological polar surface area (TPSA) is 87.2 Å². The van der Waals surface area contributed by atoms with Gasteiger partial charge in [0.2, 0.25) is 11.8 Å². The lowest BCUT2D eigenvalue weighted by atomic mass is 9.74. The maximum atomic E-state index is 14.3. The van der Waals surface area contributed by atoms with Crippen molar-refractivity contribution in [2.75, 3.05) is 19.8 Å². The van der Waals surface area contributed by atoms with E-state index in [-0.39, 0.29) is 36.4 Å². The van der Waals surface area contributed by atoms with E-state index in [0.29, 0.717) is 13.2 Å². The predicted molar refractivity (Wildman–Crippen MR) is 137 cm³/mol. The minimum Gasteiger partial charge on any atom is -0.465 e. The first-order valence-electron chi connectivity index (χ1n) is 13.1. The smallest absolute Gasteiger partial charge is 0.311 e. The summed E-state index contributed by atoms with van der Waals surface area (Å²) in [6.45, 7) is 10.6. The summed E-state index contributed by atoms with van der Waals surface area (Å²) in [5.74, 6) is -2.17. The van der Waals surface area contributed by atoms with Gasteiger partial charge >= 0.3 is 5.97 Å². The summed E-state index contributed by atoms with van der Waals surface area (Å²) in [6.07, 6.45) is 11.5. The SMILES string of the molecule is CCCC(C)N1CC=C[C@]23S[C@]4(C)/C=C\CCCOC(=O)[C@@H]4[C@H]2C(=O)N([C@@H](CO)C(C)C)C3C1=O. The molecule has 2 saturated heterocycles. The zero-order chi connectivity index (χ0) is 25.5. The fraction of sp³-hybridized carbons (Fsp3) is 0.741. The van der Waals surface area contributed by atoms with Crippen LogP contribution in [0.4, 0.5) is 0 Å². The van der Waals surface area contributed by atoms with E-state index in [2.05, 4.69) is 26.0 Å². The van der Waals surface area contributed by atoms with E-state index in [1.807, 2.05) is 37.8 Å². The Balaban J connectivity index is 1.89. The molecule has 1 N–H and O–H groups in total. The van der Waals surface area contributed by atoms with Crippen LogP contribution in [0.2, 0.25) is 0 Å². The summed E-state index contributed by atoms with van der Waals surface area (Å²) in [4.78, 5) is 45.6. The molecule has 7 atom stereocenters. The molecular formula is C27H40N2O5S. The number of likely N-dealkylation sites (tertiary alicyclic amines) is 1. The third kappa shape index (κ3) is 4.14. The molecule has 4 rings (SSSR count). The van der Waals surface area contributed by atoms with Crippen LogP contribution in [0.15, 0.2) is 24.3 Å². The van der Waals surface area contributed by atoms with E-state index in [1.54, 1.807) is 16.7 Å². The van der Waals surface area contributed by atoms with Crippen LogP contribution >= 0.6 is 11.8 Å². The zero-order valence-corrected chi connectivity index (χ0v) is 22.4. The van der Waals surface area contributed by atoms with Gasteiger partial charge in [-0.3, -0.25) is 14.4 Å². The van der Waals surface area contributed by atoms with Gasteiger partial charge in [-0.1, -0.05) is 51.5 Å². The van der Waals surface area contributed by atoms with Crippen LogP contribution in [-0.4, -0.2) is 80.1 Å². The molecule has 194 valence electrons. The third-order valence-corrected chi connectivity index (χ3v) is 10.1. The summed E-state index contributed by atoms with van der Waals surface area (Å²) in [5.41, 5.74) is 0. The molecule has 4 aliphatic rings. The summed E-state index contributed by atoms with van der Waals surface area (Å²) in [6, 6.07) is -1.27. The van der Waals surface area contributed by atoms with Crippen molar-refractivity contribution in [1.82, 2.24) is 9.80 Å². The summed E-state index contributed by atoms with van der Waals surface area (Å²) in [5, 5.41) is 10.3. The summed E-state index contributed by atoms with van der Waals surface area (Å²) >= 11 is 1.56. The second-order valence-corrected chi connectivity index (χ2v) is 12.8. The number of aliphatic hydroxyl groups is 1. The maximum Gasteiger partial charge on any atom is 0.311 e. The minimum atomic E-state index is -0.904. The quantitative estimate of drug-likeness (QED) is 0.442. The normalized spacial score (nSPS) is 37.6. The Morgan fingerprint density at radius 1 is 1.14 bits per heavy atom. The monoisotopic (exact) mass is 504 g/mol. The first-order valence-corrected chi connectivity index (χ1v) is 13.9. The van der Waals surface area contributed by atoms with E-state index in [4.69, 9.17) is 4.74 Å². The fourth-order valence-electron chi connectivity index (χ4n) is 6.54. The number of hydrogen-bond acceptors (Lipinski definition) is 6. The number of aliphatic hydroxyl groups excluding tert-OH is 1. The van der Waals surface area contributed by atoms with Crippen molar-refractivity contribution in [3.8, 4) is 0 Å². The van der Waals surface area contributed by atoms with Crippen LogP contribution in [0.3, 0.4) is 0 Å². The van der Waals surface area contributed by atoms with Gasteiger partial charge in [0.05, 0.1) is 35.8 Å². The molecule has 0 bridgehead atoms. The fourth-order valence-corrected chi connectivity index (χ4v) is 8.68. The van der Waals surface area contributed by atoms with E-state index in [1.165, 1.54) is 0 Å². The molecule has 0 aromatic rings. The van der Waals surface area contributed by atoms with Crippen LogP contribution in [0.25, 0.3) is 0 Å². The van der Waals surface area contributed by atoms with Crippen molar-refractivity contribution < 1.29 is 24.2 Å². The van der Waals surface area contributed by atoms with Gasteiger partial charge < -0.3 is 19.6 Å². The molecule has 0 saturated carbocycles. The van der Waals surface area contributed by atoms with Crippen LogP contribution < -0.4 is 0 Å². The second-order valence-electron chi connectivity index (χ2n) is 11.0. The largest absolute Gasteiger partial charge is 0.465 e. The Labute approximate surface area is 213 Å². The molecule has 7 nitrogen and oxygen atoms in total. The van der Waals surface area contributed by atoms with Crippen LogP contribution in [0.5, 0.6) is 0 Å². The number of ether oxygens (including phenoxy) is 1. The Hall–Kier alpha value is -1.80. The molecule has 2 amide bonds. The summed E-state index contributed by atoms with van der Waals surface area (Å²) in [7, 11) is 0. The standard InChI is InChI=1S/C27H40N2O5S/c1-6-11-18(4)28-14-10-13-27-20(21-25(33)34-15-9-7-8-12-26(21,5)35-27)23(31)29(22(27)24(28)32)19(16-30)17(2)3/h8,10,12-13,17-22,30H,6-7,9,11,14-16H2,1-5H3/b12-8-/t18?,19-,20-,21-,22?,26+,27-/m0/s1. The Kier molecular flexibility index (Phi) is 7.45. The minimum absolute atomic E-state index is 0.0268. The third-order valence-electron chi connectivity index (χ3n) is 8.27. The lowest BCUT2D eigenvalue weighted by molar-refractivity contribution is -0.155. The molecule has 35 heavy (non-hydrogen) atoms. The van der Waals surface area contributed by atoms with Crippen LogP contribution in [-0.2, 0) is 19.1 Å².